The van der Waals surface area contributed by atoms with Crippen LogP contribution in [-0.2, 0) is 6.18 Å². The minimum absolute atomic E-state index is 0.00601. The molecule has 0 spiro atoms. The predicted molar refractivity (Wildman–Crippen MR) is 65.8 cm³/mol. The summed E-state index contributed by atoms with van der Waals surface area (Å²) in [5.74, 6) is -1.24. The van der Waals surface area contributed by atoms with E-state index in [-0.39, 0.29) is 16.8 Å². The van der Waals surface area contributed by atoms with Crippen LogP contribution in [-0.4, -0.2) is 21.2 Å². The van der Waals surface area contributed by atoms with Gasteiger partial charge in [-0.15, -0.1) is 0 Å². The minimum atomic E-state index is -4.45. The molecule has 0 fully saturated rings. The van der Waals surface area contributed by atoms with Crippen LogP contribution < -0.4 is 0 Å². The maximum Gasteiger partial charge on any atom is 0.416 e. The van der Waals surface area contributed by atoms with E-state index in [0.29, 0.717) is 10.9 Å². The second kappa shape index (κ2) is 4.37. The van der Waals surface area contributed by atoms with Gasteiger partial charge in [-0.05, 0) is 12.1 Å². The van der Waals surface area contributed by atoms with E-state index < -0.39 is 17.7 Å². The van der Waals surface area contributed by atoms with Gasteiger partial charge in [0.2, 0.25) is 0 Å². The van der Waals surface area contributed by atoms with Crippen molar-refractivity contribution in [2.24, 2.45) is 0 Å². The van der Waals surface area contributed by atoms with Crippen molar-refractivity contribution in [3.8, 4) is 11.3 Å². The lowest BCUT2D eigenvalue weighted by Gasteiger charge is -2.06. The molecule has 0 saturated heterocycles. The molecular weight excluding hydrogens is 289 g/mol. The Morgan fingerprint density at radius 1 is 1.33 bits per heavy atom. The van der Waals surface area contributed by atoms with Gasteiger partial charge >= 0.3 is 12.1 Å². The summed E-state index contributed by atoms with van der Waals surface area (Å²) in [5.41, 5.74) is -0.378. The number of hydrogen-bond donors (Lipinski definition) is 2. The number of hydrogen-bond acceptors (Lipinski definition) is 3. The molecule has 3 aromatic rings. The average molecular weight is 296 g/mol. The molecule has 2 aromatic heterocycles. The number of nitrogens with one attached hydrogen (secondary N) is 1. The Hall–Kier alpha value is -2.77. The lowest BCUT2D eigenvalue weighted by molar-refractivity contribution is -0.137. The SMILES string of the molecule is O=C(O)c1cnoc1-c1c[nH]c2cc(C(F)(F)F)ccc12. The molecule has 2 N–H and O–H groups in total. The van der Waals surface area contributed by atoms with E-state index in [9.17, 15) is 18.0 Å². The van der Waals surface area contributed by atoms with Crippen molar-refractivity contribution < 1.29 is 27.6 Å². The molecule has 21 heavy (non-hydrogen) atoms. The Bertz CT molecular complexity index is 833. The number of nitrogens with zero attached hydrogens (tertiary/aromatic N) is 1. The quantitative estimate of drug-likeness (QED) is 0.758. The average Bonchev–Trinajstić information content (AvgIpc) is 3.02. The number of alkyl halides is 3. The third kappa shape index (κ3) is 2.14. The molecule has 0 radical (unpaired) electrons. The van der Waals surface area contributed by atoms with Gasteiger partial charge in [-0.25, -0.2) is 4.79 Å². The number of aromatic nitrogens is 2. The van der Waals surface area contributed by atoms with Crippen LogP contribution in [0.5, 0.6) is 0 Å². The number of H-pyrrole nitrogens is 1. The van der Waals surface area contributed by atoms with Crippen LogP contribution in [0.1, 0.15) is 15.9 Å². The standard InChI is InChI=1S/C13H7F3N2O3/c14-13(15,16)6-1-2-7-8(4-17-10(7)3-6)11-9(12(19)20)5-18-21-11/h1-5,17H,(H,19,20). The van der Waals surface area contributed by atoms with Crippen molar-refractivity contribution in [2.75, 3.05) is 0 Å². The highest BCUT2D eigenvalue weighted by atomic mass is 19.4. The summed E-state index contributed by atoms with van der Waals surface area (Å²) in [6.45, 7) is 0. The molecule has 0 aliphatic carbocycles. The van der Waals surface area contributed by atoms with Gasteiger partial charge in [0, 0.05) is 22.7 Å². The van der Waals surface area contributed by atoms with Gasteiger partial charge in [-0.2, -0.15) is 13.2 Å². The number of fused-ring (bicyclic) bond motifs is 1. The van der Waals surface area contributed by atoms with Gasteiger partial charge in [-0.1, -0.05) is 11.2 Å². The first-order chi connectivity index (χ1) is 9.88. The molecule has 3 rings (SSSR count). The highest BCUT2D eigenvalue weighted by Gasteiger charge is 2.31. The van der Waals surface area contributed by atoms with Crippen molar-refractivity contribution >= 4 is 16.9 Å². The summed E-state index contributed by atoms with van der Waals surface area (Å²) >= 11 is 0. The molecule has 0 bridgehead atoms. The van der Waals surface area contributed by atoms with Crippen molar-refractivity contribution in [2.45, 2.75) is 6.18 Å². The molecule has 5 nitrogen and oxygen atoms in total. The fourth-order valence-corrected chi connectivity index (χ4v) is 2.08. The van der Waals surface area contributed by atoms with E-state index in [4.69, 9.17) is 9.63 Å². The zero-order valence-corrected chi connectivity index (χ0v) is 10.2. The number of rotatable bonds is 2. The van der Waals surface area contributed by atoms with Gasteiger partial charge in [0.05, 0.1) is 11.8 Å². The largest absolute Gasteiger partial charge is 0.477 e. The Morgan fingerprint density at radius 2 is 2.10 bits per heavy atom. The lowest BCUT2D eigenvalue weighted by atomic mass is 10.1. The van der Waals surface area contributed by atoms with Gasteiger partial charge in [0.1, 0.15) is 5.56 Å². The molecular formula is C13H7F3N2O3. The van der Waals surface area contributed by atoms with E-state index in [2.05, 4.69) is 10.1 Å². The molecule has 8 heteroatoms. The Morgan fingerprint density at radius 3 is 2.76 bits per heavy atom. The second-order valence-electron chi connectivity index (χ2n) is 4.33. The highest BCUT2D eigenvalue weighted by Crippen LogP contribution is 2.35. The van der Waals surface area contributed by atoms with Crippen LogP contribution in [0, 0.1) is 0 Å². The topological polar surface area (TPSA) is 79.1 Å². The molecule has 1 aromatic carbocycles. The van der Waals surface area contributed by atoms with Crippen molar-refractivity contribution in [1.82, 2.24) is 10.1 Å². The van der Waals surface area contributed by atoms with E-state index in [1.165, 1.54) is 12.3 Å². The summed E-state index contributed by atoms with van der Waals surface area (Å²) in [6.07, 6.45) is -2.02. The normalized spacial score (nSPS) is 12.0. The molecule has 0 atom stereocenters. The molecule has 0 amide bonds. The Kier molecular flexibility index (Phi) is 2.75. The fraction of sp³-hybridized carbons (Fsp3) is 0.0769. The highest BCUT2D eigenvalue weighted by molar-refractivity contribution is 6.01. The summed E-state index contributed by atoms with van der Waals surface area (Å²) in [6, 6.07) is 3.14. The maximum atomic E-state index is 12.6. The zero-order chi connectivity index (χ0) is 15.2. The van der Waals surface area contributed by atoms with Gasteiger partial charge < -0.3 is 14.6 Å². The number of benzene rings is 1. The molecule has 0 saturated carbocycles. The first-order valence-electron chi connectivity index (χ1n) is 5.74. The van der Waals surface area contributed by atoms with Crippen LogP contribution in [0.25, 0.3) is 22.2 Å². The number of halogens is 3. The monoisotopic (exact) mass is 296 g/mol. The number of aromatic carboxylic acids is 1. The predicted octanol–water partition coefficient (Wildman–Crippen LogP) is 3.54. The first-order valence-corrected chi connectivity index (χ1v) is 5.74. The molecule has 0 aliphatic rings. The molecule has 0 unspecified atom stereocenters. The van der Waals surface area contributed by atoms with E-state index in [0.717, 1.165) is 18.3 Å². The third-order valence-electron chi connectivity index (χ3n) is 3.05. The van der Waals surface area contributed by atoms with Crippen molar-refractivity contribution in [1.29, 1.82) is 0 Å². The lowest BCUT2D eigenvalue weighted by Crippen LogP contribution is -2.04. The van der Waals surface area contributed by atoms with Crippen LogP contribution in [0.4, 0.5) is 13.2 Å². The number of carboxylic acid groups (broad SMARTS) is 1. The zero-order valence-electron chi connectivity index (χ0n) is 10.2. The van der Waals surface area contributed by atoms with Crippen LogP contribution in [0.3, 0.4) is 0 Å². The first kappa shape index (κ1) is 13.2. The summed E-state index contributed by atoms with van der Waals surface area (Å²) in [5, 5.41) is 12.8. The maximum absolute atomic E-state index is 12.6. The van der Waals surface area contributed by atoms with E-state index in [1.807, 2.05) is 0 Å². The summed E-state index contributed by atoms with van der Waals surface area (Å²) < 4.78 is 42.8. The van der Waals surface area contributed by atoms with Gasteiger partial charge in [-0.3, -0.25) is 0 Å². The molecule has 0 aliphatic heterocycles. The summed E-state index contributed by atoms with van der Waals surface area (Å²) in [4.78, 5) is 13.7. The van der Waals surface area contributed by atoms with Crippen LogP contribution in [0.15, 0.2) is 35.1 Å². The second-order valence-corrected chi connectivity index (χ2v) is 4.33. The van der Waals surface area contributed by atoms with E-state index >= 15 is 0 Å². The Balaban J connectivity index is 2.17. The smallest absolute Gasteiger partial charge is 0.416 e. The van der Waals surface area contributed by atoms with E-state index in [1.54, 1.807) is 0 Å². The Labute approximate surface area is 115 Å². The third-order valence-corrected chi connectivity index (χ3v) is 3.05. The van der Waals surface area contributed by atoms with Gasteiger partial charge in [0.15, 0.2) is 5.76 Å². The van der Waals surface area contributed by atoms with Crippen molar-refractivity contribution in [3.05, 3.63) is 41.7 Å². The summed E-state index contributed by atoms with van der Waals surface area (Å²) in [7, 11) is 0. The molecule has 2 heterocycles. The minimum Gasteiger partial charge on any atom is -0.477 e. The van der Waals surface area contributed by atoms with Crippen molar-refractivity contribution in [3.63, 3.8) is 0 Å². The van der Waals surface area contributed by atoms with Crippen LogP contribution >= 0.6 is 0 Å². The number of aromatic amines is 1. The fourth-order valence-electron chi connectivity index (χ4n) is 2.08. The number of carboxylic acids is 1. The number of carbonyl (C=O) groups is 1. The van der Waals surface area contributed by atoms with Gasteiger partial charge in [0.25, 0.3) is 0 Å². The van der Waals surface area contributed by atoms with Crippen LogP contribution in [0.2, 0.25) is 0 Å². The molecule has 108 valence electrons.